The molecular weight excluding hydrogens is 236 g/mol. The summed E-state index contributed by atoms with van der Waals surface area (Å²) in [4.78, 5) is 28.0. The van der Waals surface area contributed by atoms with E-state index in [1.807, 2.05) is 6.92 Å². The van der Waals surface area contributed by atoms with Gasteiger partial charge in [0, 0.05) is 20.6 Å². The van der Waals surface area contributed by atoms with E-state index in [0.717, 1.165) is 11.0 Å². The predicted octanol–water partition coefficient (Wildman–Crippen LogP) is -0.871. The topological polar surface area (TPSA) is 99.9 Å². The van der Waals surface area contributed by atoms with Crippen LogP contribution in [-0.2, 0) is 20.6 Å². The summed E-state index contributed by atoms with van der Waals surface area (Å²) in [5, 5.41) is 0. The zero-order chi connectivity index (χ0) is 13.4. The number of rotatable bonds is 3. The van der Waals surface area contributed by atoms with Gasteiger partial charge in [-0.15, -0.1) is 0 Å². The molecule has 0 fully saturated rings. The van der Waals surface area contributed by atoms with Gasteiger partial charge in [-0.2, -0.15) is 0 Å². The Kier molecular flexibility index (Phi) is 2.95. The molecule has 0 aliphatic carbocycles. The van der Waals surface area contributed by atoms with Gasteiger partial charge in [-0.05, 0) is 6.42 Å². The van der Waals surface area contributed by atoms with Crippen molar-refractivity contribution in [1.29, 1.82) is 0 Å². The van der Waals surface area contributed by atoms with Crippen molar-refractivity contribution in [3.63, 3.8) is 0 Å². The fourth-order valence-electron chi connectivity index (χ4n) is 2.03. The maximum absolute atomic E-state index is 12.0. The highest BCUT2D eigenvalue weighted by Gasteiger charge is 2.17. The van der Waals surface area contributed by atoms with E-state index in [9.17, 15) is 9.59 Å². The summed E-state index contributed by atoms with van der Waals surface area (Å²) in [6, 6.07) is 0. The van der Waals surface area contributed by atoms with Crippen molar-refractivity contribution in [2.75, 3.05) is 5.43 Å². The number of anilines is 1. The van der Waals surface area contributed by atoms with Gasteiger partial charge in [-0.3, -0.25) is 23.9 Å². The van der Waals surface area contributed by atoms with E-state index in [1.54, 1.807) is 11.6 Å². The van der Waals surface area contributed by atoms with Gasteiger partial charge >= 0.3 is 5.69 Å². The molecule has 0 aliphatic rings. The number of hydrogen-bond donors (Lipinski definition) is 2. The molecule has 2 rings (SSSR count). The lowest BCUT2D eigenvalue weighted by Crippen LogP contribution is -2.37. The van der Waals surface area contributed by atoms with E-state index >= 15 is 0 Å². The molecule has 0 spiro atoms. The van der Waals surface area contributed by atoms with Crippen molar-refractivity contribution in [2.24, 2.45) is 19.9 Å². The van der Waals surface area contributed by atoms with E-state index < -0.39 is 5.56 Å². The van der Waals surface area contributed by atoms with Gasteiger partial charge in [0.1, 0.15) is 0 Å². The van der Waals surface area contributed by atoms with Gasteiger partial charge in [-0.1, -0.05) is 6.92 Å². The van der Waals surface area contributed by atoms with E-state index in [2.05, 4.69) is 10.4 Å². The van der Waals surface area contributed by atoms with Crippen LogP contribution in [0.4, 0.5) is 5.95 Å². The van der Waals surface area contributed by atoms with Gasteiger partial charge in [-0.25, -0.2) is 15.6 Å². The molecule has 0 radical (unpaired) electrons. The third-order valence-electron chi connectivity index (χ3n) is 2.92. The van der Waals surface area contributed by atoms with Crippen LogP contribution < -0.4 is 22.5 Å². The van der Waals surface area contributed by atoms with E-state index in [-0.39, 0.29) is 11.2 Å². The van der Waals surface area contributed by atoms with Crippen LogP contribution in [0.25, 0.3) is 11.2 Å². The molecule has 0 unspecified atom stereocenters. The number of hydrogen-bond acceptors (Lipinski definition) is 5. The molecule has 2 aromatic rings. The Bertz CT molecular complexity index is 708. The lowest BCUT2D eigenvalue weighted by atomic mass is 10.4. The minimum atomic E-state index is -0.417. The Morgan fingerprint density at radius 2 is 1.94 bits per heavy atom. The lowest BCUT2D eigenvalue weighted by molar-refractivity contribution is 0.655. The SMILES string of the molecule is CCCn1c(NN)nc2c(=O)n(C)c(=O)n(C)c21. The van der Waals surface area contributed by atoms with Gasteiger partial charge in [0.05, 0.1) is 0 Å². The average Bonchev–Trinajstić information content (AvgIpc) is 2.73. The van der Waals surface area contributed by atoms with Crippen LogP contribution in [0.2, 0.25) is 0 Å². The van der Waals surface area contributed by atoms with Crippen LogP contribution in [0.3, 0.4) is 0 Å². The Morgan fingerprint density at radius 3 is 2.50 bits per heavy atom. The average molecular weight is 252 g/mol. The van der Waals surface area contributed by atoms with Crippen LogP contribution in [-0.4, -0.2) is 18.7 Å². The van der Waals surface area contributed by atoms with Crippen LogP contribution in [0.1, 0.15) is 13.3 Å². The number of nitrogens with zero attached hydrogens (tertiary/aromatic N) is 4. The summed E-state index contributed by atoms with van der Waals surface area (Å²) in [6.07, 6.45) is 0.837. The van der Waals surface area contributed by atoms with Gasteiger partial charge in [0.25, 0.3) is 5.56 Å². The Morgan fingerprint density at radius 1 is 1.28 bits per heavy atom. The molecule has 18 heavy (non-hydrogen) atoms. The zero-order valence-electron chi connectivity index (χ0n) is 10.6. The molecule has 2 aromatic heterocycles. The van der Waals surface area contributed by atoms with Gasteiger partial charge < -0.3 is 0 Å². The number of aromatic nitrogens is 4. The summed E-state index contributed by atoms with van der Waals surface area (Å²) in [5.74, 6) is 5.77. The molecule has 0 amide bonds. The summed E-state index contributed by atoms with van der Waals surface area (Å²) >= 11 is 0. The molecular formula is C10H16N6O2. The van der Waals surface area contributed by atoms with Crippen molar-refractivity contribution in [3.8, 4) is 0 Å². The van der Waals surface area contributed by atoms with E-state index in [4.69, 9.17) is 5.84 Å². The van der Waals surface area contributed by atoms with E-state index in [0.29, 0.717) is 18.1 Å². The van der Waals surface area contributed by atoms with Gasteiger partial charge in [0.15, 0.2) is 11.2 Å². The summed E-state index contributed by atoms with van der Waals surface area (Å²) < 4.78 is 4.17. The summed E-state index contributed by atoms with van der Waals surface area (Å²) in [7, 11) is 3.04. The zero-order valence-corrected chi connectivity index (χ0v) is 10.6. The van der Waals surface area contributed by atoms with Gasteiger partial charge in [0.2, 0.25) is 5.95 Å². The highest BCUT2D eigenvalue weighted by atomic mass is 16.2. The second-order valence-corrected chi connectivity index (χ2v) is 4.11. The highest BCUT2D eigenvalue weighted by molar-refractivity contribution is 5.74. The van der Waals surface area contributed by atoms with E-state index in [1.165, 1.54) is 11.6 Å². The normalized spacial score (nSPS) is 11.1. The number of aryl methyl sites for hydroxylation is 2. The number of nitrogens with two attached hydrogens (primary N) is 1. The number of nitrogen functional groups attached to an aromatic ring is 1. The molecule has 0 aromatic carbocycles. The molecule has 0 bridgehead atoms. The molecule has 0 saturated heterocycles. The van der Waals surface area contributed by atoms with Crippen LogP contribution >= 0.6 is 0 Å². The third kappa shape index (κ3) is 1.53. The predicted molar refractivity (Wildman–Crippen MR) is 68.3 cm³/mol. The van der Waals surface area contributed by atoms with Crippen molar-refractivity contribution in [3.05, 3.63) is 20.8 Å². The van der Waals surface area contributed by atoms with Crippen LogP contribution in [0.15, 0.2) is 9.59 Å². The minimum absolute atomic E-state index is 0.237. The summed E-state index contributed by atoms with van der Waals surface area (Å²) in [5.41, 5.74) is 2.37. The Hall–Kier alpha value is -2.09. The standard InChI is InChI=1S/C10H16N6O2/c1-4-5-16-7-6(12-9(16)13-11)8(17)15(3)10(18)14(7)2/h4-5,11H2,1-3H3,(H,12,13). The monoisotopic (exact) mass is 252 g/mol. The Balaban J connectivity index is 3.00. The van der Waals surface area contributed by atoms with Crippen LogP contribution in [0, 0.1) is 0 Å². The van der Waals surface area contributed by atoms with Crippen molar-refractivity contribution in [2.45, 2.75) is 19.9 Å². The highest BCUT2D eigenvalue weighted by Crippen LogP contribution is 2.15. The molecule has 0 atom stereocenters. The lowest BCUT2D eigenvalue weighted by Gasteiger charge is -2.09. The maximum Gasteiger partial charge on any atom is 0.332 e. The molecule has 8 heteroatoms. The second-order valence-electron chi connectivity index (χ2n) is 4.11. The fraction of sp³-hybridized carbons (Fsp3) is 0.500. The molecule has 8 nitrogen and oxygen atoms in total. The van der Waals surface area contributed by atoms with Crippen molar-refractivity contribution < 1.29 is 0 Å². The van der Waals surface area contributed by atoms with Crippen molar-refractivity contribution >= 4 is 17.1 Å². The number of fused-ring (bicyclic) bond motifs is 1. The Labute approximate surface area is 103 Å². The summed E-state index contributed by atoms with van der Waals surface area (Å²) in [6.45, 7) is 2.61. The molecule has 2 heterocycles. The first kappa shape index (κ1) is 12.4. The molecule has 98 valence electrons. The molecule has 0 saturated carbocycles. The first-order valence-corrected chi connectivity index (χ1v) is 5.65. The minimum Gasteiger partial charge on any atom is -0.295 e. The van der Waals surface area contributed by atoms with Crippen LogP contribution in [0.5, 0.6) is 0 Å². The number of hydrazine groups is 1. The van der Waals surface area contributed by atoms with Crippen molar-refractivity contribution in [1.82, 2.24) is 18.7 Å². The quantitative estimate of drug-likeness (QED) is 0.546. The largest absolute Gasteiger partial charge is 0.332 e. The first-order chi connectivity index (χ1) is 8.52. The second kappa shape index (κ2) is 4.30. The fourth-order valence-corrected chi connectivity index (χ4v) is 2.03. The molecule has 0 aliphatic heterocycles. The number of imidazole rings is 1. The molecule has 3 N–H and O–H groups in total. The first-order valence-electron chi connectivity index (χ1n) is 5.65. The number of nitrogens with one attached hydrogen (secondary N) is 1. The maximum atomic E-state index is 12.0. The smallest absolute Gasteiger partial charge is 0.295 e. The third-order valence-corrected chi connectivity index (χ3v) is 2.92.